The minimum Gasteiger partial charge on any atom is -0.316 e. The first-order valence-electron chi connectivity index (χ1n) is 5.57. The molecule has 2 aromatic heterocycles. The Kier molecular flexibility index (Phi) is 2.18. The molecule has 3 nitrogen and oxygen atoms in total. The molecule has 0 saturated carbocycles. The number of hydrogen-bond donors (Lipinski definition) is 1. The van der Waals surface area contributed by atoms with Gasteiger partial charge in [0.15, 0.2) is 0 Å². The maximum Gasteiger partial charge on any atom is 0.136 e. The Bertz CT molecular complexity index is 455. The van der Waals surface area contributed by atoms with Gasteiger partial charge < -0.3 is 9.72 Å². The minimum absolute atomic E-state index is 0.667. The van der Waals surface area contributed by atoms with Gasteiger partial charge in [-0.15, -0.1) is 0 Å². The van der Waals surface area contributed by atoms with E-state index >= 15 is 0 Å². The Morgan fingerprint density at radius 2 is 2.40 bits per heavy atom. The predicted molar refractivity (Wildman–Crippen MR) is 60.0 cm³/mol. The average molecular weight is 201 g/mol. The van der Waals surface area contributed by atoms with Crippen LogP contribution in [0.3, 0.4) is 0 Å². The van der Waals surface area contributed by atoms with Crippen LogP contribution in [-0.4, -0.2) is 22.5 Å². The fraction of sp³-hybridized carbons (Fsp3) is 0.417. The maximum absolute atomic E-state index is 4.32. The molecule has 0 aliphatic carbocycles. The number of nitrogens with zero attached hydrogens (tertiary/aromatic N) is 2. The number of rotatable bonds is 1. The molecule has 1 aliphatic heterocycles. The molecule has 15 heavy (non-hydrogen) atoms. The SMILES string of the molecule is c1cn2ccc(C3CCCNC3)cc2n1. The number of imidazole rings is 1. The zero-order chi connectivity index (χ0) is 10.1. The molecule has 1 aliphatic rings. The van der Waals surface area contributed by atoms with Gasteiger partial charge in [-0.25, -0.2) is 4.98 Å². The van der Waals surface area contributed by atoms with Crippen molar-refractivity contribution >= 4 is 5.65 Å². The van der Waals surface area contributed by atoms with E-state index in [0.29, 0.717) is 5.92 Å². The smallest absolute Gasteiger partial charge is 0.136 e. The highest BCUT2D eigenvalue weighted by Crippen LogP contribution is 2.23. The van der Waals surface area contributed by atoms with Crippen LogP contribution in [-0.2, 0) is 0 Å². The summed E-state index contributed by atoms with van der Waals surface area (Å²) in [5, 5.41) is 3.45. The maximum atomic E-state index is 4.32. The molecule has 0 amide bonds. The van der Waals surface area contributed by atoms with E-state index in [9.17, 15) is 0 Å². The Morgan fingerprint density at radius 3 is 3.27 bits per heavy atom. The van der Waals surface area contributed by atoms with E-state index in [2.05, 4.69) is 33.0 Å². The second kappa shape index (κ2) is 3.66. The van der Waals surface area contributed by atoms with Gasteiger partial charge in [0.2, 0.25) is 0 Å². The van der Waals surface area contributed by atoms with Gasteiger partial charge in [0, 0.05) is 25.1 Å². The van der Waals surface area contributed by atoms with Crippen molar-refractivity contribution < 1.29 is 0 Å². The highest BCUT2D eigenvalue weighted by atomic mass is 15.0. The molecular formula is C12H15N3. The number of nitrogens with one attached hydrogen (secondary N) is 1. The molecule has 3 heteroatoms. The molecule has 2 aromatic rings. The van der Waals surface area contributed by atoms with Crippen LogP contribution in [0.15, 0.2) is 30.7 Å². The largest absolute Gasteiger partial charge is 0.316 e. The number of aromatic nitrogens is 2. The fourth-order valence-corrected chi connectivity index (χ4v) is 2.32. The van der Waals surface area contributed by atoms with Crippen LogP contribution in [0.4, 0.5) is 0 Å². The van der Waals surface area contributed by atoms with Crippen molar-refractivity contribution in [2.24, 2.45) is 0 Å². The molecule has 1 fully saturated rings. The first-order chi connectivity index (χ1) is 7.43. The second-order valence-corrected chi connectivity index (χ2v) is 4.20. The van der Waals surface area contributed by atoms with Crippen molar-refractivity contribution in [2.45, 2.75) is 18.8 Å². The van der Waals surface area contributed by atoms with Gasteiger partial charge in [0.25, 0.3) is 0 Å². The molecule has 1 atom stereocenters. The molecule has 0 bridgehead atoms. The molecule has 3 heterocycles. The summed E-state index contributed by atoms with van der Waals surface area (Å²) in [6.07, 6.45) is 8.51. The van der Waals surface area contributed by atoms with Crippen molar-refractivity contribution in [1.82, 2.24) is 14.7 Å². The van der Waals surface area contributed by atoms with E-state index in [1.54, 1.807) is 0 Å². The quantitative estimate of drug-likeness (QED) is 0.762. The number of piperidine rings is 1. The van der Waals surface area contributed by atoms with Crippen molar-refractivity contribution in [2.75, 3.05) is 13.1 Å². The molecule has 3 rings (SSSR count). The standard InChI is InChI=1S/C12H15N3/c1-2-11(9-13-4-1)10-3-6-15-7-5-14-12(15)8-10/h3,5-8,11,13H,1-2,4,9H2. The summed E-state index contributed by atoms with van der Waals surface area (Å²) in [7, 11) is 0. The minimum atomic E-state index is 0.667. The lowest BCUT2D eigenvalue weighted by atomic mass is 9.92. The average Bonchev–Trinajstić information content (AvgIpc) is 2.77. The Balaban J connectivity index is 1.95. The van der Waals surface area contributed by atoms with Crippen molar-refractivity contribution in [3.05, 3.63) is 36.3 Å². The zero-order valence-corrected chi connectivity index (χ0v) is 8.69. The van der Waals surface area contributed by atoms with Crippen molar-refractivity contribution in [3.63, 3.8) is 0 Å². The third-order valence-corrected chi connectivity index (χ3v) is 3.19. The monoisotopic (exact) mass is 201 g/mol. The van der Waals surface area contributed by atoms with Crippen LogP contribution in [0.5, 0.6) is 0 Å². The van der Waals surface area contributed by atoms with Gasteiger partial charge in [0.1, 0.15) is 5.65 Å². The topological polar surface area (TPSA) is 29.3 Å². The van der Waals surface area contributed by atoms with Gasteiger partial charge in [-0.05, 0) is 43.0 Å². The normalized spacial score (nSPS) is 22.0. The van der Waals surface area contributed by atoms with Crippen LogP contribution >= 0.6 is 0 Å². The summed E-state index contributed by atoms with van der Waals surface area (Å²) in [4.78, 5) is 4.32. The molecule has 1 unspecified atom stereocenters. The molecule has 0 radical (unpaired) electrons. The molecule has 0 spiro atoms. The Labute approximate surface area is 89.1 Å². The summed E-state index contributed by atoms with van der Waals surface area (Å²) in [5.41, 5.74) is 2.47. The van der Waals surface area contributed by atoms with E-state index in [1.165, 1.54) is 24.9 Å². The molecular weight excluding hydrogens is 186 g/mol. The summed E-state index contributed by atoms with van der Waals surface area (Å²) < 4.78 is 2.06. The zero-order valence-electron chi connectivity index (χ0n) is 8.69. The van der Waals surface area contributed by atoms with E-state index in [1.807, 2.05) is 12.4 Å². The number of fused-ring (bicyclic) bond motifs is 1. The first-order valence-corrected chi connectivity index (χ1v) is 5.57. The molecule has 78 valence electrons. The van der Waals surface area contributed by atoms with Crippen LogP contribution < -0.4 is 5.32 Å². The van der Waals surface area contributed by atoms with Gasteiger partial charge >= 0.3 is 0 Å². The van der Waals surface area contributed by atoms with Crippen LogP contribution in [0.25, 0.3) is 5.65 Å². The summed E-state index contributed by atoms with van der Waals surface area (Å²) >= 11 is 0. The lowest BCUT2D eigenvalue weighted by Gasteiger charge is -2.23. The molecule has 0 aromatic carbocycles. The third-order valence-electron chi connectivity index (χ3n) is 3.19. The van der Waals surface area contributed by atoms with Gasteiger partial charge in [0.05, 0.1) is 0 Å². The van der Waals surface area contributed by atoms with Gasteiger partial charge in [-0.2, -0.15) is 0 Å². The summed E-state index contributed by atoms with van der Waals surface area (Å²) in [5.74, 6) is 0.667. The van der Waals surface area contributed by atoms with Crippen LogP contribution in [0.2, 0.25) is 0 Å². The van der Waals surface area contributed by atoms with Crippen molar-refractivity contribution in [1.29, 1.82) is 0 Å². The predicted octanol–water partition coefficient (Wildman–Crippen LogP) is 1.80. The van der Waals surface area contributed by atoms with Crippen LogP contribution in [0, 0.1) is 0 Å². The van der Waals surface area contributed by atoms with E-state index < -0.39 is 0 Å². The highest BCUT2D eigenvalue weighted by molar-refractivity contribution is 5.42. The number of hydrogen-bond acceptors (Lipinski definition) is 2. The Morgan fingerprint density at radius 1 is 1.40 bits per heavy atom. The number of pyridine rings is 1. The lowest BCUT2D eigenvalue weighted by Crippen LogP contribution is -2.28. The molecule has 1 N–H and O–H groups in total. The van der Waals surface area contributed by atoms with E-state index in [4.69, 9.17) is 0 Å². The van der Waals surface area contributed by atoms with Crippen LogP contribution in [0.1, 0.15) is 24.3 Å². The lowest BCUT2D eigenvalue weighted by molar-refractivity contribution is 0.461. The third kappa shape index (κ3) is 1.63. The second-order valence-electron chi connectivity index (χ2n) is 4.20. The molecule has 1 saturated heterocycles. The summed E-state index contributed by atoms with van der Waals surface area (Å²) in [6.45, 7) is 2.28. The van der Waals surface area contributed by atoms with E-state index in [-0.39, 0.29) is 0 Å². The van der Waals surface area contributed by atoms with Gasteiger partial charge in [-0.1, -0.05) is 0 Å². The highest BCUT2D eigenvalue weighted by Gasteiger charge is 2.15. The fourth-order valence-electron chi connectivity index (χ4n) is 2.32. The first kappa shape index (κ1) is 8.92. The Hall–Kier alpha value is -1.35. The van der Waals surface area contributed by atoms with E-state index in [0.717, 1.165) is 12.2 Å². The van der Waals surface area contributed by atoms with Gasteiger partial charge in [-0.3, -0.25) is 0 Å². The van der Waals surface area contributed by atoms with Crippen molar-refractivity contribution in [3.8, 4) is 0 Å². The summed E-state index contributed by atoms with van der Waals surface area (Å²) in [6, 6.07) is 4.42.